The number of aryl methyl sites for hydroxylation is 1. The van der Waals surface area contributed by atoms with Gasteiger partial charge in [0.15, 0.2) is 0 Å². The molecule has 0 amide bonds. The second kappa shape index (κ2) is 18.7. The maximum Gasteiger partial charge on any atom is 0.0568 e. The molecule has 4 rings (SSSR count). The van der Waals surface area contributed by atoms with Crippen molar-refractivity contribution in [3.63, 3.8) is 0 Å². The highest BCUT2D eigenvalue weighted by Gasteiger charge is 2.16. The number of likely N-dealkylation sites (N-methyl/N-ethyl adjacent to an activating group) is 1. The summed E-state index contributed by atoms with van der Waals surface area (Å²) in [5.41, 5.74) is 3.92. The number of aromatic nitrogens is 2. The molecule has 1 aliphatic carbocycles. The van der Waals surface area contributed by atoms with Gasteiger partial charge >= 0.3 is 0 Å². The summed E-state index contributed by atoms with van der Waals surface area (Å²) in [6, 6.07) is 12.4. The first-order chi connectivity index (χ1) is 16.6. The molecule has 2 aliphatic rings. The minimum absolute atomic E-state index is 0.438. The fraction of sp³-hybridized carbons (Fsp3) is 0.452. The number of unbranched alkanes of at least 4 members (excludes halogenated alkanes) is 5. The summed E-state index contributed by atoms with van der Waals surface area (Å²) in [6.45, 7) is 11.7. The van der Waals surface area contributed by atoms with Crippen LogP contribution in [-0.2, 0) is 7.05 Å². The van der Waals surface area contributed by atoms with Crippen molar-refractivity contribution >= 4 is 5.57 Å². The molecule has 34 heavy (non-hydrogen) atoms. The van der Waals surface area contributed by atoms with Gasteiger partial charge in [0.1, 0.15) is 0 Å². The first kappa shape index (κ1) is 29.4. The molecule has 186 valence electrons. The molecule has 0 N–H and O–H groups in total. The molecule has 1 aliphatic heterocycles. The van der Waals surface area contributed by atoms with Crippen molar-refractivity contribution < 1.29 is 0 Å². The van der Waals surface area contributed by atoms with E-state index in [9.17, 15) is 0 Å². The van der Waals surface area contributed by atoms with Crippen molar-refractivity contribution in [2.75, 3.05) is 13.6 Å². The molecule has 0 fully saturated rings. The van der Waals surface area contributed by atoms with Gasteiger partial charge in [0, 0.05) is 24.8 Å². The van der Waals surface area contributed by atoms with E-state index in [0.717, 1.165) is 0 Å². The summed E-state index contributed by atoms with van der Waals surface area (Å²) in [5, 5.41) is 4.25. The maximum atomic E-state index is 4.25. The maximum absolute atomic E-state index is 4.25. The van der Waals surface area contributed by atoms with E-state index >= 15 is 0 Å². The predicted octanol–water partition coefficient (Wildman–Crippen LogP) is 8.25. The summed E-state index contributed by atoms with van der Waals surface area (Å²) >= 11 is 0. The van der Waals surface area contributed by atoms with Gasteiger partial charge in [-0.3, -0.25) is 9.58 Å². The normalized spacial score (nSPS) is 16.6. The lowest BCUT2D eigenvalue weighted by Crippen LogP contribution is -2.28. The average Bonchev–Trinajstić information content (AvgIpc) is 3.10. The van der Waals surface area contributed by atoms with Crippen LogP contribution in [0.2, 0.25) is 0 Å². The number of fused-ring (bicyclic) bond motifs is 1. The number of hydrogen-bond donors (Lipinski definition) is 0. The standard InChI is InChI=1S/C15H19N3.C8H18.C6H6.C2H4/c1-17-7-3-4-12-8-13(5-6-15(17)9-12)14-10-16-18(2)11-14;1-3-5-7-8-6-4-2;1-2-4-6-5-3-1;1-2/h5-6,8-11,15H,3-4,7H2,1-2H3;3-8H2,1-2H3;1-6H;1-2H2. The number of allylic oxidation sites excluding steroid dienone is 4. The Bertz CT molecular complexity index is 812. The third-order valence-corrected chi connectivity index (χ3v) is 5.85. The van der Waals surface area contributed by atoms with Gasteiger partial charge in [0.05, 0.1) is 6.20 Å². The zero-order valence-electron chi connectivity index (χ0n) is 22.1. The van der Waals surface area contributed by atoms with Crippen LogP contribution >= 0.6 is 0 Å². The first-order valence-electron chi connectivity index (χ1n) is 12.9. The first-order valence-corrected chi connectivity index (χ1v) is 12.9. The Balaban J connectivity index is 0.000000300. The quantitative estimate of drug-likeness (QED) is 0.319. The Morgan fingerprint density at radius 1 is 0.912 bits per heavy atom. The van der Waals surface area contributed by atoms with E-state index < -0.39 is 0 Å². The average molecular weight is 462 g/mol. The van der Waals surface area contributed by atoms with Crippen molar-refractivity contribution in [1.82, 2.24) is 14.7 Å². The van der Waals surface area contributed by atoms with E-state index in [-0.39, 0.29) is 0 Å². The molecule has 0 radical (unpaired) electrons. The molecule has 1 atom stereocenters. The van der Waals surface area contributed by atoms with E-state index in [2.05, 4.69) is 74.6 Å². The summed E-state index contributed by atoms with van der Waals surface area (Å²) in [4.78, 5) is 2.41. The van der Waals surface area contributed by atoms with E-state index in [1.165, 1.54) is 74.6 Å². The van der Waals surface area contributed by atoms with Crippen molar-refractivity contribution in [2.45, 2.75) is 71.3 Å². The topological polar surface area (TPSA) is 21.1 Å². The van der Waals surface area contributed by atoms with E-state index in [0.29, 0.717) is 6.04 Å². The van der Waals surface area contributed by atoms with E-state index in [4.69, 9.17) is 0 Å². The summed E-state index contributed by atoms with van der Waals surface area (Å²) in [5.74, 6) is 0. The largest absolute Gasteiger partial charge is 0.296 e. The Morgan fingerprint density at radius 3 is 2.00 bits per heavy atom. The van der Waals surface area contributed by atoms with Crippen LogP contribution in [0.1, 0.15) is 70.8 Å². The zero-order chi connectivity index (χ0) is 25.0. The highest BCUT2D eigenvalue weighted by atomic mass is 15.2. The van der Waals surface area contributed by atoms with Crippen LogP contribution in [0.5, 0.6) is 0 Å². The molecule has 3 nitrogen and oxygen atoms in total. The van der Waals surface area contributed by atoms with Gasteiger partial charge in [-0.25, -0.2) is 0 Å². The van der Waals surface area contributed by atoms with Gasteiger partial charge in [0.2, 0.25) is 0 Å². The predicted molar refractivity (Wildman–Crippen MR) is 151 cm³/mol. The number of benzene rings is 1. The van der Waals surface area contributed by atoms with Crippen LogP contribution in [0, 0.1) is 0 Å². The van der Waals surface area contributed by atoms with Gasteiger partial charge in [-0.05, 0) is 37.6 Å². The Labute approximate surface area is 209 Å². The highest BCUT2D eigenvalue weighted by Crippen LogP contribution is 2.26. The van der Waals surface area contributed by atoms with Crippen molar-refractivity contribution in [1.29, 1.82) is 0 Å². The summed E-state index contributed by atoms with van der Waals surface area (Å²) in [6.07, 6.45) is 24.1. The molecule has 2 aromatic rings. The van der Waals surface area contributed by atoms with Crippen LogP contribution in [0.15, 0.2) is 91.8 Å². The molecule has 1 aromatic heterocycles. The van der Waals surface area contributed by atoms with Crippen LogP contribution in [0.3, 0.4) is 0 Å². The van der Waals surface area contributed by atoms with Crippen LogP contribution in [0.4, 0.5) is 0 Å². The zero-order valence-corrected chi connectivity index (χ0v) is 22.1. The number of nitrogens with zero attached hydrogens (tertiary/aromatic N) is 3. The van der Waals surface area contributed by atoms with E-state index in [1.54, 1.807) is 0 Å². The minimum atomic E-state index is 0.438. The highest BCUT2D eigenvalue weighted by molar-refractivity contribution is 5.76. The molecule has 1 unspecified atom stereocenters. The van der Waals surface area contributed by atoms with Gasteiger partial charge in [-0.15, -0.1) is 13.2 Å². The Morgan fingerprint density at radius 2 is 1.50 bits per heavy atom. The summed E-state index contributed by atoms with van der Waals surface area (Å²) in [7, 11) is 4.16. The lowest BCUT2D eigenvalue weighted by molar-refractivity contribution is 0.322. The monoisotopic (exact) mass is 461 g/mol. The molecule has 0 saturated carbocycles. The number of hydrogen-bond acceptors (Lipinski definition) is 2. The number of rotatable bonds is 6. The van der Waals surface area contributed by atoms with Crippen molar-refractivity contribution in [3.05, 3.63) is 97.4 Å². The van der Waals surface area contributed by atoms with Crippen LogP contribution in [-0.4, -0.2) is 34.3 Å². The smallest absolute Gasteiger partial charge is 0.0568 e. The van der Waals surface area contributed by atoms with Crippen molar-refractivity contribution in [2.24, 2.45) is 7.05 Å². The summed E-state index contributed by atoms with van der Waals surface area (Å²) < 4.78 is 1.85. The SMILES string of the molecule is C=C.CCCCCCCC.CN1CCCC2=CC1C=CC(c1cnn(C)c1)=C2.c1ccccc1. The van der Waals surface area contributed by atoms with Crippen molar-refractivity contribution in [3.8, 4) is 0 Å². The molecule has 1 aromatic carbocycles. The van der Waals surface area contributed by atoms with Gasteiger partial charge < -0.3 is 0 Å². The molecular formula is C31H47N3. The van der Waals surface area contributed by atoms with E-state index in [1.807, 2.05) is 54.3 Å². The molecule has 3 heteroatoms. The van der Waals surface area contributed by atoms with Gasteiger partial charge in [-0.2, -0.15) is 5.10 Å². The van der Waals surface area contributed by atoms with Gasteiger partial charge in [-0.1, -0.05) is 113 Å². The Hall–Kier alpha value is -2.65. The lowest BCUT2D eigenvalue weighted by atomic mass is 10.0. The third-order valence-electron chi connectivity index (χ3n) is 5.85. The third kappa shape index (κ3) is 12.0. The molecule has 0 spiro atoms. The van der Waals surface area contributed by atoms with Crippen LogP contribution in [0.25, 0.3) is 5.57 Å². The molecular weight excluding hydrogens is 414 g/mol. The second-order valence-electron chi connectivity index (χ2n) is 8.75. The lowest BCUT2D eigenvalue weighted by Gasteiger charge is -2.20. The second-order valence-corrected chi connectivity index (χ2v) is 8.75. The van der Waals surface area contributed by atoms with Gasteiger partial charge in [0.25, 0.3) is 0 Å². The Kier molecular flexibility index (Phi) is 16.2. The van der Waals surface area contributed by atoms with Crippen LogP contribution < -0.4 is 0 Å². The molecule has 2 heterocycles. The minimum Gasteiger partial charge on any atom is -0.296 e. The fourth-order valence-electron chi connectivity index (χ4n) is 3.87. The molecule has 2 bridgehead atoms. The fourth-order valence-corrected chi connectivity index (χ4v) is 3.87. The molecule has 0 saturated heterocycles.